The van der Waals surface area contributed by atoms with Gasteiger partial charge in [0.05, 0.1) is 17.1 Å². The van der Waals surface area contributed by atoms with Gasteiger partial charge < -0.3 is 5.11 Å². The first kappa shape index (κ1) is 11.0. The van der Waals surface area contributed by atoms with Crippen molar-refractivity contribution in [2.24, 2.45) is 5.41 Å². The molecule has 2 aliphatic carbocycles. The van der Waals surface area contributed by atoms with E-state index in [0.717, 1.165) is 51.4 Å². The fraction of sp³-hybridized carbons (Fsp3) is 0.923. The minimum absolute atomic E-state index is 0.411. The molecule has 0 radical (unpaired) electrons. The second kappa shape index (κ2) is 4.14. The van der Waals surface area contributed by atoms with Gasteiger partial charge in [0.25, 0.3) is 0 Å². The molecule has 0 saturated heterocycles. The lowest BCUT2D eigenvalue weighted by atomic mass is 9.59. The summed E-state index contributed by atoms with van der Waals surface area (Å²) in [5, 5.41) is 20.2. The highest BCUT2D eigenvalue weighted by Gasteiger charge is 2.51. The van der Waals surface area contributed by atoms with Crippen LogP contribution in [0.5, 0.6) is 0 Å². The van der Waals surface area contributed by atoms with Crippen molar-refractivity contribution in [1.29, 1.82) is 5.26 Å². The monoisotopic (exact) mass is 207 g/mol. The molecule has 0 amide bonds. The Bertz CT molecular complexity index is 254. The highest BCUT2D eigenvalue weighted by molar-refractivity contribution is 5.13. The predicted molar refractivity (Wildman–Crippen MR) is 59.2 cm³/mol. The Hall–Kier alpha value is -0.550. The predicted octanol–water partition coefficient (Wildman–Crippen LogP) is 3.16. The van der Waals surface area contributed by atoms with Crippen LogP contribution >= 0.6 is 0 Å². The first-order valence-corrected chi connectivity index (χ1v) is 6.36. The molecule has 2 fully saturated rings. The van der Waals surface area contributed by atoms with Crippen LogP contribution < -0.4 is 0 Å². The van der Waals surface area contributed by atoms with Gasteiger partial charge in [-0.25, -0.2) is 0 Å². The maximum Gasteiger partial charge on any atom is 0.0860 e. The molecule has 2 saturated carbocycles. The zero-order valence-electron chi connectivity index (χ0n) is 9.47. The first-order valence-electron chi connectivity index (χ1n) is 6.36. The van der Waals surface area contributed by atoms with Gasteiger partial charge in [-0.05, 0) is 25.7 Å². The van der Waals surface area contributed by atoms with Crippen molar-refractivity contribution in [3.8, 4) is 6.07 Å². The summed E-state index contributed by atoms with van der Waals surface area (Å²) in [6, 6.07) is 2.48. The van der Waals surface area contributed by atoms with Crippen LogP contribution in [-0.2, 0) is 0 Å². The molecule has 0 aromatic carbocycles. The van der Waals surface area contributed by atoms with Gasteiger partial charge in [0.1, 0.15) is 0 Å². The lowest BCUT2D eigenvalue weighted by Crippen LogP contribution is -2.49. The van der Waals surface area contributed by atoms with Crippen molar-refractivity contribution in [2.45, 2.75) is 69.8 Å². The van der Waals surface area contributed by atoms with Crippen LogP contribution in [0.4, 0.5) is 0 Å². The molecule has 0 atom stereocenters. The van der Waals surface area contributed by atoms with Crippen molar-refractivity contribution in [3.63, 3.8) is 0 Å². The Morgan fingerprint density at radius 3 is 1.73 bits per heavy atom. The Balaban J connectivity index is 2.19. The topological polar surface area (TPSA) is 44.0 Å². The van der Waals surface area contributed by atoms with E-state index in [4.69, 9.17) is 0 Å². The molecule has 84 valence electrons. The van der Waals surface area contributed by atoms with Crippen LogP contribution in [-0.4, -0.2) is 10.7 Å². The molecule has 15 heavy (non-hydrogen) atoms. The van der Waals surface area contributed by atoms with Crippen LogP contribution in [0.1, 0.15) is 64.2 Å². The van der Waals surface area contributed by atoms with Crippen LogP contribution in [0.2, 0.25) is 0 Å². The van der Waals surface area contributed by atoms with E-state index in [1.165, 1.54) is 12.8 Å². The summed E-state index contributed by atoms with van der Waals surface area (Å²) in [7, 11) is 0. The molecule has 0 bridgehead atoms. The molecule has 2 rings (SSSR count). The molecule has 0 spiro atoms. The Morgan fingerprint density at radius 2 is 1.27 bits per heavy atom. The summed E-state index contributed by atoms with van der Waals surface area (Å²) in [5.74, 6) is 0. The van der Waals surface area contributed by atoms with Crippen molar-refractivity contribution >= 4 is 0 Å². The molecular weight excluding hydrogens is 186 g/mol. The first-order chi connectivity index (χ1) is 7.22. The van der Waals surface area contributed by atoms with Crippen LogP contribution in [0.3, 0.4) is 0 Å². The van der Waals surface area contributed by atoms with Gasteiger partial charge in [0, 0.05) is 0 Å². The second-order valence-electron chi connectivity index (χ2n) is 5.35. The number of aliphatic hydroxyl groups is 1. The van der Waals surface area contributed by atoms with E-state index in [1.807, 2.05) is 0 Å². The smallest absolute Gasteiger partial charge is 0.0860 e. The average Bonchev–Trinajstić information content (AvgIpc) is 2.31. The third-order valence-electron chi connectivity index (χ3n) is 4.49. The molecule has 0 heterocycles. The highest BCUT2D eigenvalue weighted by Crippen LogP contribution is 2.50. The summed E-state index contributed by atoms with van der Waals surface area (Å²) >= 11 is 0. The van der Waals surface area contributed by atoms with Crippen molar-refractivity contribution < 1.29 is 5.11 Å². The molecule has 0 aromatic heterocycles. The molecule has 0 unspecified atom stereocenters. The minimum atomic E-state index is -0.666. The van der Waals surface area contributed by atoms with Gasteiger partial charge in [-0.2, -0.15) is 5.26 Å². The summed E-state index contributed by atoms with van der Waals surface area (Å²) < 4.78 is 0. The summed E-state index contributed by atoms with van der Waals surface area (Å²) in [5.41, 5.74) is -1.08. The molecule has 0 aliphatic heterocycles. The second-order valence-corrected chi connectivity index (χ2v) is 5.35. The average molecular weight is 207 g/mol. The zero-order valence-corrected chi connectivity index (χ0v) is 9.47. The van der Waals surface area contributed by atoms with E-state index in [1.54, 1.807) is 0 Å². The van der Waals surface area contributed by atoms with Crippen LogP contribution in [0, 0.1) is 16.7 Å². The molecule has 2 nitrogen and oxygen atoms in total. The van der Waals surface area contributed by atoms with E-state index in [0.29, 0.717) is 0 Å². The Morgan fingerprint density at radius 1 is 0.800 bits per heavy atom. The third-order valence-corrected chi connectivity index (χ3v) is 4.49. The van der Waals surface area contributed by atoms with Gasteiger partial charge in [0.2, 0.25) is 0 Å². The lowest BCUT2D eigenvalue weighted by molar-refractivity contribution is -0.0970. The molecule has 1 N–H and O–H groups in total. The largest absolute Gasteiger partial charge is 0.388 e. The third kappa shape index (κ3) is 1.78. The lowest BCUT2D eigenvalue weighted by Gasteiger charge is -2.47. The SMILES string of the molecule is N#CC1(C2(O)CCCCC2)CCCCC1. The molecule has 2 heteroatoms. The van der Waals surface area contributed by atoms with Gasteiger partial charge in [0.15, 0.2) is 0 Å². The van der Waals surface area contributed by atoms with E-state index in [-0.39, 0.29) is 0 Å². The van der Waals surface area contributed by atoms with Gasteiger partial charge >= 0.3 is 0 Å². The molecular formula is C13H21NO. The van der Waals surface area contributed by atoms with E-state index < -0.39 is 11.0 Å². The van der Waals surface area contributed by atoms with E-state index in [2.05, 4.69) is 6.07 Å². The van der Waals surface area contributed by atoms with Gasteiger partial charge in [-0.1, -0.05) is 38.5 Å². The fourth-order valence-electron chi connectivity index (χ4n) is 3.45. The molecule has 2 aliphatic rings. The van der Waals surface area contributed by atoms with Gasteiger partial charge in [-0.3, -0.25) is 0 Å². The quantitative estimate of drug-likeness (QED) is 0.717. The van der Waals surface area contributed by atoms with E-state index >= 15 is 0 Å². The maximum atomic E-state index is 10.7. The Labute approximate surface area is 92.3 Å². The number of hydrogen-bond acceptors (Lipinski definition) is 2. The standard InChI is InChI=1S/C13H21NO/c14-11-12(7-3-1-4-8-12)13(15)9-5-2-6-10-13/h15H,1-10H2. The van der Waals surface area contributed by atoms with Crippen molar-refractivity contribution in [2.75, 3.05) is 0 Å². The summed E-state index contributed by atoms with van der Waals surface area (Å²) in [4.78, 5) is 0. The minimum Gasteiger partial charge on any atom is -0.388 e. The Kier molecular flexibility index (Phi) is 3.02. The highest BCUT2D eigenvalue weighted by atomic mass is 16.3. The number of nitrogens with zero attached hydrogens (tertiary/aromatic N) is 1. The van der Waals surface area contributed by atoms with E-state index in [9.17, 15) is 10.4 Å². The van der Waals surface area contributed by atoms with Crippen LogP contribution in [0.15, 0.2) is 0 Å². The van der Waals surface area contributed by atoms with Crippen LogP contribution in [0.25, 0.3) is 0 Å². The zero-order chi connectivity index (χ0) is 10.8. The summed E-state index contributed by atoms with van der Waals surface area (Å²) in [6.45, 7) is 0. The summed E-state index contributed by atoms with van der Waals surface area (Å²) in [6.07, 6.45) is 10.4. The van der Waals surface area contributed by atoms with Crippen molar-refractivity contribution in [3.05, 3.63) is 0 Å². The normalized spacial score (nSPS) is 29.3. The fourth-order valence-corrected chi connectivity index (χ4v) is 3.45. The number of hydrogen-bond donors (Lipinski definition) is 1. The number of rotatable bonds is 1. The van der Waals surface area contributed by atoms with Gasteiger partial charge in [-0.15, -0.1) is 0 Å². The maximum absolute atomic E-state index is 10.7. The molecule has 0 aromatic rings. The number of nitriles is 1. The van der Waals surface area contributed by atoms with Crippen molar-refractivity contribution in [1.82, 2.24) is 0 Å².